The lowest BCUT2D eigenvalue weighted by atomic mass is 10.1. The maximum absolute atomic E-state index is 12.3. The number of hydrogen-bond acceptors (Lipinski definition) is 6. The van der Waals surface area contributed by atoms with Crippen molar-refractivity contribution in [2.75, 3.05) is 5.32 Å². The summed E-state index contributed by atoms with van der Waals surface area (Å²) in [5.74, 6) is -2.27. The molecule has 0 atom stereocenters. The first kappa shape index (κ1) is 19.3. The average Bonchev–Trinajstić information content (AvgIpc) is 2.59. The van der Waals surface area contributed by atoms with Crippen molar-refractivity contribution in [1.82, 2.24) is 9.78 Å². The molecule has 0 saturated carbocycles. The van der Waals surface area contributed by atoms with E-state index in [0.29, 0.717) is 11.3 Å². The van der Waals surface area contributed by atoms with Gasteiger partial charge in [0, 0.05) is 16.8 Å². The summed E-state index contributed by atoms with van der Waals surface area (Å²) >= 11 is 0. The van der Waals surface area contributed by atoms with E-state index >= 15 is 0 Å². The number of hydrogen-bond donors (Lipinski definition) is 3. The highest BCUT2D eigenvalue weighted by Crippen LogP contribution is 2.15. The Hall–Kier alpha value is -4.00. The lowest BCUT2D eigenvalue weighted by Crippen LogP contribution is -2.32. The van der Waals surface area contributed by atoms with E-state index < -0.39 is 29.8 Å². The highest BCUT2D eigenvalue weighted by molar-refractivity contribution is 6.01. The van der Waals surface area contributed by atoms with Crippen molar-refractivity contribution in [2.24, 2.45) is 11.5 Å². The fourth-order valence-electron chi connectivity index (χ4n) is 2.33. The standard InChI is InChI=1S/C17H16N6O4/c1-8-9(2)22-23(17(27)13(8)6-18)7-14(24)21-12-4-10(15(19)25)3-11(5-12)16(20)26/h3-5H,7H2,1-2H3,(H2,19,25)(H2,20,26)(H,21,24). The summed E-state index contributed by atoms with van der Waals surface area (Å²) in [7, 11) is 0. The van der Waals surface area contributed by atoms with Crippen LogP contribution in [0, 0.1) is 25.2 Å². The van der Waals surface area contributed by atoms with Crippen LogP contribution in [0.5, 0.6) is 0 Å². The van der Waals surface area contributed by atoms with Gasteiger partial charge in [0.2, 0.25) is 17.7 Å². The van der Waals surface area contributed by atoms with Crippen molar-refractivity contribution in [3.8, 4) is 6.07 Å². The van der Waals surface area contributed by atoms with Gasteiger partial charge in [0.1, 0.15) is 18.2 Å². The molecular weight excluding hydrogens is 352 g/mol. The number of nitrogens with zero attached hydrogens (tertiary/aromatic N) is 3. The van der Waals surface area contributed by atoms with E-state index in [-0.39, 0.29) is 22.4 Å². The Morgan fingerprint density at radius 3 is 2.19 bits per heavy atom. The number of carbonyl (C=O) groups is 3. The minimum atomic E-state index is -0.806. The first-order chi connectivity index (χ1) is 12.6. The van der Waals surface area contributed by atoms with Gasteiger partial charge >= 0.3 is 0 Å². The lowest BCUT2D eigenvalue weighted by Gasteiger charge is -2.11. The summed E-state index contributed by atoms with van der Waals surface area (Å²) in [4.78, 5) is 47.2. The van der Waals surface area contributed by atoms with Crippen LogP contribution in [-0.4, -0.2) is 27.5 Å². The molecule has 0 aliphatic carbocycles. The zero-order chi connectivity index (χ0) is 20.3. The molecule has 1 heterocycles. The molecule has 3 amide bonds. The number of anilines is 1. The monoisotopic (exact) mass is 368 g/mol. The molecule has 1 aromatic carbocycles. The van der Waals surface area contributed by atoms with Gasteiger partial charge in [-0.3, -0.25) is 19.2 Å². The number of nitriles is 1. The van der Waals surface area contributed by atoms with Crippen molar-refractivity contribution in [3.05, 3.63) is 56.5 Å². The second kappa shape index (κ2) is 7.49. The van der Waals surface area contributed by atoms with Crippen LogP contribution < -0.4 is 22.3 Å². The molecule has 10 nitrogen and oxygen atoms in total. The van der Waals surface area contributed by atoms with E-state index in [0.717, 1.165) is 4.68 Å². The predicted molar refractivity (Wildman–Crippen MR) is 94.8 cm³/mol. The van der Waals surface area contributed by atoms with Gasteiger partial charge in [0.25, 0.3) is 5.56 Å². The summed E-state index contributed by atoms with van der Waals surface area (Å²) in [6, 6.07) is 5.54. The van der Waals surface area contributed by atoms with Crippen LogP contribution in [0.15, 0.2) is 23.0 Å². The Kier molecular flexibility index (Phi) is 5.36. The number of primary amides is 2. The molecule has 138 valence electrons. The van der Waals surface area contributed by atoms with Crippen LogP contribution in [0.3, 0.4) is 0 Å². The Balaban J connectivity index is 2.33. The van der Waals surface area contributed by atoms with Crippen molar-refractivity contribution in [3.63, 3.8) is 0 Å². The van der Waals surface area contributed by atoms with Crippen LogP contribution >= 0.6 is 0 Å². The number of nitrogens with one attached hydrogen (secondary N) is 1. The number of nitrogens with two attached hydrogens (primary N) is 2. The third-order valence-electron chi connectivity index (χ3n) is 3.83. The Labute approximate surface area is 153 Å². The van der Waals surface area contributed by atoms with Gasteiger partial charge in [-0.25, -0.2) is 4.68 Å². The van der Waals surface area contributed by atoms with Crippen molar-refractivity contribution in [2.45, 2.75) is 20.4 Å². The average molecular weight is 368 g/mol. The van der Waals surface area contributed by atoms with Gasteiger partial charge in [-0.05, 0) is 37.6 Å². The number of amides is 3. The summed E-state index contributed by atoms with van der Waals surface area (Å²) in [5, 5.41) is 15.5. The van der Waals surface area contributed by atoms with Gasteiger partial charge in [0.15, 0.2) is 0 Å². The second-order valence-corrected chi connectivity index (χ2v) is 5.74. The summed E-state index contributed by atoms with van der Waals surface area (Å²) < 4.78 is 0.864. The van der Waals surface area contributed by atoms with Crippen LogP contribution in [0.4, 0.5) is 5.69 Å². The molecule has 0 spiro atoms. The molecule has 0 saturated heterocycles. The van der Waals surface area contributed by atoms with Crippen LogP contribution in [0.25, 0.3) is 0 Å². The number of benzene rings is 1. The normalized spacial score (nSPS) is 10.1. The van der Waals surface area contributed by atoms with E-state index in [1.165, 1.54) is 18.2 Å². The SMILES string of the molecule is Cc1nn(CC(=O)Nc2cc(C(N)=O)cc(C(N)=O)c2)c(=O)c(C#N)c1C. The van der Waals surface area contributed by atoms with E-state index in [4.69, 9.17) is 16.7 Å². The number of aromatic nitrogens is 2. The number of rotatable bonds is 5. The number of aryl methyl sites for hydroxylation is 1. The second-order valence-electron chi connectivity index (χ2n) is 5.74. The fourth-order valence-corrected chi connectivity index (χ4v) is 2.33. The Morgan fingerprint density at radius 2 is 1.70 bits per heavy atom. The molecule has 0 fully saturated rings. The van der Waals surface area contributed by atoms with Gasteiger partial charge < -0.3 is 16.8 Å². The van der Waals surface area contributed by atoms with Crippen molar-refractivity contribution in [1.29, 1.82) is 5.26 Å². The quantitative estimate of drug-likeness (QED) is 0.645. The van der Waals surface area contributed by atoms with Crippen molar-refractivity contribution < 1.29 is 14.4 Å². The van der Waals surface area contributed by atoms with Crippen molar-refractivity contribution >= 4 is 23.4 Å². The third-order valence-corrected chi connectivity index (χ3v) is 3.83. The zero-order valence-electron chi connectivity index (χ0n) is 14.6. The van der Waals surface area contributed by atoms with Gasteiger partial charge in [-0.2, -0.15) is 10.4 Å². The molecule has 27 heavy (non-hydrogen) atoms. The molecule has 2 aromatic rings. The maximum atomic E-state index is 12.3. The third kappa shape index (κ3) is 4.16. The van der Waals surface area contributed by atoms with E-state index in [2.05, 4.69) is 10.4 Å². The molecule has 2 rings (SSSR count). The molecule has 0 bridgehead atoms. The summed E-state index contributed by atoms with van der Waals surface area (Å²) in [6.07, 6.45) is 0. The topological polar surface area (TPSA) is 174 Å². The van der Waals surface area contributed by atoms with E-state index in [1.807, 2.05) is 0 Å². The smallest absolute Gasteiger partial charge is 0.285 e. The molecule has 5 N–H and O–H groups in total. The molecule has 10 heteroatoms. The van der Waals surface area contributed by atoms with Gasteiger partial charge in [-0.15, -0.1) is 0 Å². The van der Waals surface area contributed by atoms with Gasteiger partial charge in [0.05, 0.1) is 5.69 Å². The molecule has 0 aliphatic heterocycles. The van der Waals surface area contributed by atoms with Crippen LogP contribution in [0.2, 0.25) is 0 Å². The molecule has 0 radical (unpaired) electrons. The number of carbonyl (C=O) groups excluding carboxylic acids is 3. The van der Waals surface area contributed by atoms with E-state index in [1.54, 1.807) is 19.9 Å². The minimum Gasteiger partial charge on any atom is -0.366 e. The fraction of sp³-hybridized carbons (Fsp3) is 0.176. The van der Waals surface area contributed by atoms with Crippen LogP contribution in [-0.2, 0) is 11.3 Å². The summed E-state index contributed by atoms with van der Waals surface area (Å²) in [5.41, 5.74) is 10.5. The van der Waals surface area contributed by atoms with Gasteiger partial charge in [-0.1, -0.05) is 0 Å². The largest absolute Gasteiger partial charge is 0.366 e. The highest BCUT2D eigenvalue weighted by Gasteiger charge is 2.15. The van der Waals surface area contributed by atoms with Crippen LogP contribution in [0.1, 0.15) is 37.5 Å². The Bertz CT molecular complexity index is 1030. The maximum Gasteiger partial charge on any atom is 0.285 e. The first-order valence-electron chi connectivity index (χ1n) is 7.67. The summed E-state index contributed by atoms with van der Waals surface area (Å²) in [6.45, 7) is 2.73. The molecule has 0 unspecified atom stereocenters. The zero-order valence-corrected chi connectivity index (χ0v) is 14.6. The molecule has 0 aliphatic rings. The lowest BCUT2D eigenvalue weighted by molar-refractivity contribution is -0.117. The predicted octanol–water partition coefficient (Wildman–Crippen LogP) is -0.432. The molecular formula is C17H16N6O4. The Morgan fingerprint density at radius 1 is 1.15 bits per heavy atom. The van der Waals surface area contributed by atoms with E-state index in [9.17, 15) is 19.2 Å². The minimum absolute atomic E-state index is 0.0187. The molecule has 1 aromatic heterocycles. The first-order valence-corrected chi connectivity index (χ1v) is 7.67. The highest BCUT2D eigenvalue weighted by atomic mass is 16.2.